The maximum atomic E-state index is 11.5. The van der Waals surface area contributed by atoms with Crippen LogP contribution in [0.25, 0.3) is 0 Å². The first-order chi connectivity index (χ1) is 28.8. The van der Waals surface area contributed by atoms with E-state index in [0.29, 0.717) is 23.0 Å². The van der Waals surface area contributed by atoms with E-state index in [1.807, 2.05) is 24.3 Å². The van der Waals surface area contributed by atoms with Gasteiger partial charge in [0.1, 0.15) is 34.1 Å². The maximum absolute atomic E-state index is 11.5. The van der Waals surface area contributed by atoms with Crippen molar-refractivity contribution in [2.75, 3.05) is 26.2 Å². The van der Waals surface area contributed by atoms with Crippen LogP contribution in [0, 0.1) is 0 Å². The van der Waals surface area contributed by atoms with Gasteiger partial charge in [-0.1, -0.05) is 105 Å². The summed E-state index contributed by atoms with van der Waals surface area (Å²) in [5.41, 5.74) is 16.5. The number of pyridine rings is 2. The van der Waals surface area contributed by atoms with Crippen molar-refractivity contribution in [2.24, 2.45) is 11.5 Å². The number of hydrogen-bond acceptors (Lipinski definition) is 8. The minimum Gasteiger partial charge on any atom is -0.456 e. The van der Waals surface area contributed by atoms with E-state index < -0.39 is 11.8 Å². The Morgan fingerprint density at radius 1 is 0.508 bits per heavy atom. The zero-order valence-corrected chi connectivity index (χ0v) is 34.2. The van der Waals surface area contributed by atoms with E-state index in [1.165, 1.54) is 47.5 Å². The van der Waals surface area contributed by atoms with Gasteiger partial charge in [0, 0.05) is 51.0 Å². The summed E-state index contributed by atoms with van der Waals surface area (Å²) < 4.78 is 11.6. The zero-order chi connectivity index (χ0) is 41.7. The average molecular weight is 793 g/mol. The Kier molecular flexibility index (Phi) is 17.6. The van der Waals surface area contributed by atoms with Crippen molar-refractivity contribution < 1.29 is 19.1 Å². The molecule has 0 saturated heterocycles. The van der Waals surface area contributed by atoms with Crippen LogP contribution in [0.15, 0.2) is 146 Å². The second-order valence-electron chi connectivity index (χ2n) is 14.3. The molecule has 10 nitrogen and oxygen atoms in total. The fraction of sp³-hybridized carbons (Fsp3) is 0.265. The van der Waals surface area contributed by atoms with Crippen LogP contribution in [-0.2, 0) is 25.9 Å². The summed E-state index contributed by atoms with van der Waals surface area (Å²) in [6.45, 7) is 10.6. The number of unbranched alkanes of at least 4 members (excludes halogenated alkanes) is 1. The summed E-state index contributed by atoms with van der Waals surface area (Å²) in [5.74, 6) is 1.05. The number of primary amides is 2. The molecular formula is C49H56N6O4. The van der Waals surface area contributed by atoms with Gasteiger partial charge in [-0.15, -0.1) is 0 Å². The molecule has 0 spiro atoms. The molecular weight excluding hydrogens is 737 g/mol. The van der Waals surface area contributed by atoms with Gasteiger partial charge in [-0.05, 0) is 97.4 Å². The predicted octanol–water partition coefficient (Wildman–Crippen LogP) is 9.25. The van der Waals surface area contributed by atoms with Gasteiger partial charge in [-0.25, -0.2) is 0 Å². The molecule has 6 rings (SSSR count). The van der Waals surface area contributed by atoms with E-state index in [1.54, 1.807) is 24.5 Å². The Hall–Kier alpha value is -6.36. The Morgan fingerprint density at radius 2 is 0.932 bits per heavy atom. The molecule has 0 aliphatic carbocycles. The Labute approximate surface area is 348 Å². The van der Waals surface area contributed by atoms with Crippen molar-refractivity contribution in [3.8, 4) is 23.0 Å². The molecule has 2 amide bonds. The second-order valence-corrected chi connectivity index (χ2v) is 14.3. The Morgan fingerprint density at radius 3 is 1.32 bits per heavy atom. The Balaban J connectivity index is 0.000000224. The molecule has 10 heteroatoms. The van der Waals surface area contributed by atoms with Crippen LogP contribution in [0.3, 0.4) is 0 Å². The van der Waals surface area contributed by atoms with Crippen LogP contribution in [0.2, 0.25) is 0 Å². The van der Waals surface area contributed by atoms with Crippen LogP contribution < -0.4 is 20.9 Å². The molecule has 0 bridgehead atoms. The molecule has 2 aromatic heterocycles. The van der Waals surface area contributed by atoms with Gasteiger partial charge < -0.3 is 20.9 Å². The molecule has 0 aliphatic rings. The molecule has 4 aromatic carbocycles. The number of benzene rings is 4. The zero-order valence-electron chi connectivity index (χ0n) is 34.2. The van der Waals surface area contributed by atoms with Crippen molar-refractivity contribution in [3.05, 3.63) is 179 Å². The molecule has 2 heterocycles. The molecule has 0 unspecified atom stereocenters. The number of amides is 2. The van der Waals surface area contributed by atoms with Gasteiger partial charge in [-0.3, -0.25) is 29.4 Å². The van der Waals surface area contributed by atoms with E-state index in [0.717, 1.165) is 58.5 Å². The van der Waals surface area contributed by atoms with Crippen molar-refractivity contribution in [3.63, 3.8) is 0 Å². The fourth-order valence-corrected chi connectivity index (χ4v) is 6.51. The van der Waals surface area contributed by atoms with Crippen LogP contribution in [0.1, 0.15) is 76.1 Å². The third-order valence-electron chi connectivity index (χ3n) is 9.69. The van der Waals surface area contributed by atoms with Gasteiger partial charge in [0.05, 0.1) is 0 Å². The van der Waals surface area contributed by atoms with Crippen molar-refractivity contribution in [2.45, 2.75) is 59.0 Å². The molecule has 306 valence electrons. The fourth-order valence-electron chi connectivity index (χ4n) is 6.51. The van der Waals surface area contributed by atoms with Gasteiger partial charge in [0.2, 0.25) is 0 Å². The predicted molar refractivity (Wildman–Crippen MR) is 235 cm³/mol. The number of carbonyl (C=O) groups is 2. The van der Waals surface area contributed by atoms with Crippen molar-refractivity contribution in [1.29, 1.82) is 0 Å². The highest BCUT2D eigenvalue weighted by Gasteiger charge is 2.13. The maximum Gasteiger partial charge on any atom is 0.254 e. The topological polar surface area (TPSA) is 137 Å². The number of carbonyl (C=O) groups excluding carboxylic acids is 2. The molecule has 0 saturated carbocycles. The summed E-state index contributed by atoms with van der Waals surface area (Å²) in [6.07, 6.45) is 11.5. The number of nitrogens with zero attached hydrogens (tertiary/aromatic N) is 4. The van der Waals surface area contributed by atoms with Gasteiger partial charge >= 0.3 is 0 Å². The minimum atomic E-state index is -0.556. The summed E-state index contributed by atoms with van der Waals surface area (Å²) in [5, 5.41) is 0. The summed E-state index contributed by atoms with van der Waals surface area (Å²) in [4.78, 5) is 35.9. The van der Waals surface area contributed by atoms with E-state index in [4.69, 9.17) is 20.9 Å². The molecule has 0 aliphatic heterocycles. The minimum absolute atomic E-state index is 0.271. The third-order valence-corrected chi connectivity index (χ3v) is 9.69. The van der Waals surface area contributed by atoms with E-state index in [2.05, 4.69) is 119 Å². The number of aromatic nitrogens is 2. The summed E-state index contributed by atoms with van der Waals surface area (Å²) >= 11 is 0. The quantitative estimate of drug-likeness (QED) is 0.0736. The van der Waals surface area contributed by atoms with Gasteiger partial charge in [0.15, 0.2) is 0 Å². The monoisotopic (exact) mass is 792 g/mol. The first kappa shape index (κ1) is 43.8. The first-order valence-corrected chi connectivity index (χ1v) is 20.3. The van der Waals surface area contributed by atoms with E-state index >= 15 is 0 Å². The molecule has 0 atom stereocenters. The highest BCUT2D eigenvalue weighted by molar-refractivity contribution is 5.95. The number of hydrogen-bond donors (Lipinski definition) is 2. The number of ether oxygens (including phenoxy) is 2. The van der Waals surface area contributed by atoms with Crippen molar-refractivity contribution >= 4 is 11.8 Å². The lowest BCUT2D eigenvalue weighted by atomic mass is 10.1. The molecule has 6 aromatic rings. The average Bonchev–Trinajstić information content (AvgIpc) is 3.26. The first-order valence-electron chi connectivity index (χ1n) is 20.3. The summed E-state index contributed by atoms with van der Waals surface area (Å²) in [6, 6.07) is 40.4. The lowest BCUT2D eigenvalue weighted by molar-refractivity contribution is 0.0989. The third kappa shape index (κ3) is 14.8. The van der Waals surface area contributed by atoms with Gasteiger partial charge in [0.25, 0.3) is 11.8 Å². The number of nitrogens with two attached hydrogens (primary N) is 2. The van der Waals surface area contributed by atoms with Crippen LogP contribution in [-0.4, -0.2) is 57.8 Å². The Bertz CT molecular complexity index is 2150. The number of rotatable bonds is 21. The summed E-state index contributed by atoms with van der Waals surface area (Å²) in [7, 11) is 0. The highest BCUT2D eigenvalue weighted by atomic mass is 16.5. The molecule has 0 fully saturated rings. The van der Waals surface area contributed by atoms with Crippen LogP contribution in [0.4, 0.5) is 0 Å². The second kappa shape index (κ2) is 23.8. The molecule has 0 radical (unpaired) electrons. The van der Waals surface area contributed by atoms with Crippen LogP contribution in [0.5, 0.6) is 23.0 Å². The largest absolute Gasteiger partial charge is 0.456 e. The van der Waals surface area contributed by atoms with E-state index in [9.17, 15) is 9.59 Å². The molecule has 4 N–H and O–H groups in total. The van der Waals surface area contributed by atoms with Crippen molar-refractivity contribution in [1.82, 2.24) is 19.8 Å². The molecule has 59 heavy (non-hydrogen) atoms. The van der Waals surface area contributed by atoms with Gasteiger partial charge in [-0.2, -0.15) is 0 Å². The van der Waals surface area contributed by atoms with E-state index in [-0.39, 0.29) is 11.1 Å². The lowest BCUT2D eigenvalue weighted by Crippen LogP contribution is -2.26. The SMILES string of the molecule is CCCCN(CCc1ccc(Oc2ccncc2C(N)=O)cc1)Cc1ccccc1.CCCN(CCc1ccc(Oc2ccncc2C(N)=O)cc1)Cc1ccccc1. The normalized spacial score (nSPS) is 10.8. The van der Waals surface area contributed by atoms with Crippen LogP contribution >= 0.6 is 0 Å². The standard InChI is InChI=1S/C25H29N3O2.C24H27N3O2/c1-2-3-16-28(19-21-7-5-4-6-8-21)17-14-20-9-11-22(12-10-20)30-24-13-15-27-18-23(24)25(26)29;1-2-15-27(18-20-6-4-3-5-7-20)16-13-19-8-10-21(11-9-19)29-23-12-14-26-17-22(23)24(25)28/h4-13,15,18H,2-3,14,16-17,19H2,1H3,(H2,26,29);3-12,14,17H,2,13,15-16,18H2,1H3,(H2,25,28). The highest BCUT2D eigenvalue weighted by Crippen LogP contribution is 2.26. The lowest BCUT2D eigenvalue weighted by Gasteiger charge is -2.22. The smallest absolute Gasteiger partial charge is 0.254 e.